The molecule has 6 nitrogen and oxygen atoms in total. The van der Waals surface area contributed by atoms with E-state index in [1.807, 2.05) is 0 Å². The molecule has 1 rings (SSSR count). The average molecular weight is 316 g/mol. The number of halogens is 3. The summed E-state index contributed by atoms with van der Waals surface area (Å²) in [6, 6.07) is 0. The predicted octanol–water partition coefficient (Wildman–Crippen LogP) is -0.387. The normalized spacial score (nSPS) is 18.9. The van der Waals surface area contributed by atoms with E-state index in [0.29, 0.717) is 13.2 Å². The number of ether oxygens (including phenoxy) is 1. The summed E-state index contributed by atoms with van der Waals surface area (Å²) in [5.41, 5.74) is 4.87. The van der Waals surface area contributed by atoms with E-state index in [0.717, 1.165) is 0 Å². The Balaban J connectivity index is 0.00000361. The topological polar surface area (TPSA) is 84.7 Å². The number of amides is 2. The van der Waals surface area contributed by atoms with Gasteiger partial charge in [0.1, 0.15) is 0 Å². The standard InChI is InChI=1S/C11H19F2N3O3.ClH/c1-19-3-2-16-5-8(4-9(16)17)10(18)15-7-11(12,13)6-14;/h8H,2-7,14H2,1H3,(H,15,18);1H. The highest BCUT2D eigenvalue weighted by atomic mass is 35.5. The highest BCUT2D eigenvalue weighted by Gasteiger charge is 2.35. The van der Waals surface area contributed by atoms with Crippen LogP contribution in [0.2, 0.25) is 0 Å². The fraction of sp³-hybridized carbons (Fsp3) is 0.818. The second-order valence-corrected chi connectivity index (χ2v) is 4.51. The summed E-state index contributed by atoms with van der Waals surface area (Å²) in [6.45, 7) is -0.604. The van der Waals surface area contributed by atoms with E-state index < -0.39 is 30.8 Å². The highest BCUT2D eigenvalue weighted by Crippen LogP contribution is 2.18. The molecule has 0 bridgehead atoms. The lowest BCUT2D eigenvalue weighted by atomic mass is 10.1. The predicted molar refractivity (Wildman–Crippen MR) is 70.8 cm³/mol. The van der Waals surface area contributed by atoms with E-state index in [1.54, 1.807) is 0 Å². The van der Waals surface area contributed by atoms with Gasteiger partial charge in [0.05, 0.1) is 25.6 Å². The first-order chi connectivity index (χ1) is 8.89. The van der Waals surface area contributed by atoms with Crippen molar-refractivity contribution in [2.45, 2.75) is 12.3 Å². The summed E-state index contributed by atoms with van der Waals surface area (Å²) in [4.78, 5) is 24.7. The monoisotopic (exact) mass is 315 g/mol. The smallest absolute Gasteiger partial charge is 0.277 e. The minimum atomic E-state index is -3.12. The van der Waals surface area contributed by atoms with Crippen LogP contribution in [0.3, 0.4) is 0 Å². The molecule has 118 valence electrons. The summed E-state index contributed by atoms with van der Waals surface area (Å²) >= 11 is 0. The number of hydrogen-bond acceptors (Lipinski definition) is 4. The van der Waals surface area contributed by atoms with E-state index in [1.165, 1.54) is 12.0 Å². The van der Waals surface area contributed by atoms with E-state index in [-0.39, 0.29) is 31.3 Å². The van der Waals surface area contributed by atoms with Crippen LogP contribution in [0, 0.1) is 5.92 Å². The molecule has 1 aliphatic heterocycles. The van der Waals surface area contributed by atoms with Gasteiger partial charge in [0.15, 0.2) is 0 Å². The van der Waals surface area contributed by atoms with Crippen LogP contribution in [0.25, 0.3) is 0 Å². The minimum Gasteiger partial charge on any atom is -0.383 e. The Kier molecular flexibility index (Phi) is 7.92. The number of methoxy groups -OCH3 is 1. The SMILES string of the molecule is COCCN1CC(C(=O)NCC(F)(F)CN)CC1=O.Cl. The lowest BCUT2D eigenvalue weighted by Crippen LogP contribution is -2.44. The van der Waals surface area contributed by atoms with E-state index in [4.69, 9.17) is 10.5 Å². The van der Waals surface area contributed by atoms with Gasteiger partial charge < -0.3 is 20.7 Å². The van der Waals surface area contributed by atoms with Gasteiger partial charge in [0.25, 0.3) is 5.92 Å². The molecule has 0 spiro atoms. The molecule has 0 radical (unpaired) electrons. The molecule has 2 amide bonds. The molecular formula is C11H20ClF2N3O3. The molecule has 0 aromatic carbocycles. The number of hydrogen-bond donors (Lipinski definition) is 2. The molecule has 1 saturated heterocycles. The lowest BCUT2D eigenvalue weighted by Gasteiger charge is -2.17. The molecule has 1 aliphatic rings. The molecule has 1 heterocycles. The van der Waals surface area contributed by atoms with Crippen molar-refractivity contribution in [3.8, 4) is 0 Å². The molecule has 1 unspecified atom stereocenters. The second kappa shape index (κ2) is 8.33. The van der Waals surface area contributed by atoms with Crippen molar-refractivity contribution < 1.29 is 23.1 Å². The molecular weight excluding hydrogens is 296 g/mol. The van der Waals surface area contributed by atoms with Gasteiger partial charge in [0, 0.05) is 26.6 Å². The van der Waals surface area contributed by atoms with Crippen LogP contribution in [-0.2, 0) is 14.3 Å². The van der Waals surface area contributed by atoms with Crippen molar-refractivity contribution in [1.82, 2.24) is 10.2 Å². The fourth-order valence-corrected chi connectivity index (χ4v) is 1.80. The quantitative estimate of drug-likeness (QED) is 0.670. The molecule has 1 fully saturated rings. The van der Waals surface area contributed by atoms with Crippen LogP contribution in [0.1, 0.15) is 6.42 Å². The van der Waals surface area contributed by atoms with Gasteiger partial charge in [-0.15, -0.1) is 12.4 Å². The Morgan fingerprint density at radius 1 is 1.60 bits per heavy atom. The molecule has 0 saturated carbocycles. The van der Waals surface area contributed by atoms with Crippen molar-refractivity contribution in [3.63, 3.8) is 0 Å². The van der Waals surface area contributed by atoms with Crippen LogP contribution in [0.4, 0.5) is 8.78 Å². The maximum atomic E-state index is 12.9. The number of alkyl halides is 2. The largest absolute Gasteiger partial charge is 0.383 e. The van der Waals surface area contributed by atoms with E-state index >= 15 is 0 Å². The second-order valence-electron chi connectivity index (χ2n) is 4.51. The van der Waals surface area contributed by atoms with Gasteiger partial charge in [-0.1, -0.05) is 0 Å². The Labute approximate surface area is 122 Å². The molecule has 1 atom stereocenters. The Hall–Kier alpha value is -0.990. The number of nitrogens with zero attached hydrogens (tertiary/aromatic N) is 1. The number of likely N-dealkylation sites (tertiary alicyclic amines) is 1. The third-order valence-electron chi connectivity index (χ3n) is 2.97. The van der Waals surface area contributed by atoms with Gasteiger partial charge >= 0.3 is 0 Å². The molecule has 0 aromatic heterocycles. The van der Waals surface area contributed by atoms with Gasteiger partial charge in [-0.2, -0.15) is 0 Å². The summed E-state index contributed by atoms with van der Waals surface area (Å²) in [5, 5.41) is 2.13. The van der Waals surface area contributed by atoms with E-state index in [9.17, 15) is 18.4 Å². The van der Waals surface area contributed by atoms with Crippen LogP contribution in [0.5, 0.6) is 0 Å². The zero-order valence-corrected chi connectivity index (χ0v) is 12.0. The number of nitrogens with two attached hydrogens (primary N) is 1. The molecule has 9 heteroatoms. The van der Waals surface area contributed by atoms with Gasteiger partial charge in [0.2, 0.25) is 11.8 Å². The number of carbonyl (C=O) groups is 2. The first-order valence-corrected chi connectivity index (χ1v) is 6.02. The Morgan fingerprint density at radius 2 is 2.25 bits per heavy atom. The van der Waals surface area contributed by atoms with Crippen LogP contribution in [0.15, 0.2) is 0 Å². The third kappa shape index (κ3) is 5.56. The van der Waals surface area contributed by atoms with Crippen molar-refractivity contribution >= 4 is 24.2 Å². The number of rotatable bonds is 7. The number of carbonyl (C=O) groups excluding carboxylic acids is 2. The average Bonchev–Trinajstić information content (AvgIpc) is 2.75. The zero-order chi connectivity index (χ0) is 14.5. The lowest BCUT2D eigenvalue weighted by molar-refractivity contribution is -0.129. The third-order valence-corrected chi connectivity index (χ3v) is 2.97. The summed E-state index contributed by atoms with van der Waals surface area (Å²) < 4.78 is 30.6. The van der Waals surface area contributed by atoms with Crippen LogP contribution >= 0.6 is 12.4 Å². The maximum absolute atomic E-state index is 12.9. The number of nitrogens with one attached hydrogen (secondary N) is 1. The first kappa shape index (κ1) is 19.0. The molecule has 0 aromatic rings. The van der Waals surface area contributed by atoms with Gasteiger partial charge in [-0.3, -0.25) is 9.59 Å². The van der Waals surface area contributed by atoms with E-state index in [2.05, 4.69) is 5.32 Å². The van der Waals surface area contributed by atoms with Crippen molar-refractivity contribution in [2.24, 2.45) is 11.7 Å². The van der Waals surface area contributed by atoms with Crippen LogP contribution < -0.4 is 11.1 Å². The minimum absolute atomic E-state index is 0. The first-order valence-electron chi connectivity index (χ1n) is 6.02. The summed E-state index contributed by atoms with van der Waals surface area (Å²) in [5.74, 6) is -4.41. The maximum Gasteiger partial charge on any atom is 0.277 e. The molecule has 0 aliphatic carbocycles. The Morgan fingerprint density at radius 3 is 2.80 bits per heavy atom. The highest BCUT2D eigenvalue weighted by molar-refractivity contribution is 5.89. The van der Waals surface area contributed by atoms with Crippen molar-refractivity contribution in [2.75, 3.05) is 39.9 Å². The molecule has 20 heavy (non-hydrogen) atoms. The van der Waals surface area contributed by atoms with Crippen LogP contribution in [-0.4, -0.2) is 62.5 Å². The summed E-state index contributed by atoms with van der Waals surface area (Å²) in [7, 11) is 1.51. The zero-order valence-electron chi connectivity index (χ0n) is 11.2. The van der Waals surface area contributed by atoms with Crippen molar-refractivity contribution in [3.05, 3.63) is 0 Å². The van der Waals surface area contributed by atoms with Gasteiger partial charge in [-0.05, 0) is 0 Å². The summed E-state index contributed by atoms with van der Waals surface area (Å²) in [6.07, 6.45) is 0.0454. The molecule has 3 N–H and O–H groups in total. The fourth-order valence-electron chi connectivity index (χ4n) is 1.80. The van der Waals surface area contributed by atoms with Gasteiger partial charge in [-0.25, -0.2) is 8.78 Å². The van der Waals surface area contributed by atoms with Crippen molar-refractivity contribution in [1.29, 1.82) is 0 Å². The Bertz CT molecular complexity index is 345.